The molecular formula is C12H13NO5S. The van der Waals surface area contributed by atoms with E-state index in [0.29, 0.717) is 4.31 Å². The lowest BCUT2D eigenvalue weighted by Crippen LogP contribution is -2.42. The number of benzene rings is 1. The maximum absolute atomic E-state index is 12.3. The highest BCUT2D eigenvalue weighted by molar-refractivity contribution is 7.89. The lowest BCUT2D eigenvalue weighted by Gasteiger charge is -2.21. The van der Waals surface area contributed by atoms with Crippen LogP contribution in [0, 0.1) is 6.92 Å². The Kier molecular flexibility index (Phi) is 3.32. The Morgan fingerprint density at radius 1 is 1.32 bits per heavy atom. The molecule has 0 aliphatic carbocycles. The minimum atomic E-state index is -4.10. The summed E-state index contributed by atoms with van der Waals surface area (Å²) in [6.45, 7) is 1.80. The van der Waals surface area contributed by atoms with Gasteiger partial charge in [0.05, 0.1) is 4.90 Å². The van der Waals surface area contributed by atoms with Crippen molar-refractivity contribution in [3.8, 4) is 0 Å². The highest BCUT2D eigenvalue weighted by Crippen LogP contribution is 2.27. The van der Waals surface area contributed by atoms with Crippen LogP contribution in [0.15, 0.2) is 29.2 Å². The monoisotopic (exact) mass is 283 g/mol. The number of aliphatic carboxylic acids is 1. The van der Waals surface area contributed by atoms with Crippen LogP contribution < -0.4 is 0 Å². The molecule has 1 amide bonds. The Morgan fingerprint density at radius 3 is 2.42 bits per heavy atom. The van der Waals surface area contributed by atoms with Gasteiger partial charge >= 0.3 is 5.97 Å². The molecule has 0 radical (unpaired) electrons. The summed E-state index contributed by atoms with van der Waals surface area (Å²) in [5, 5.41) is 9.00. The first-order valence-electron chi connectivity index (χ1n) is 5.71. The molecule has 1 atom stereocenters. The fourth-order valence-corrected chi connectivity index (χ4v) is 3.61. The number of carboxylic acid groups (broad SMARTS) is 1. The minimum absolute atomic E-state index is 0.0132. The van der Waals surface area contributed by atoms with E-state index in [2.05, 4.69) is 0 Å². The van der Waals surface area contributed by atoms with Crippen LogP contribution in [0.1, 0.15) is 18.4 Å². The van der Waals surface area contributed by atoms with Crippen LogP contribution in [0.4, 0.5) is 0 Å². The smallest absolute Gasteiger partial charge is 0.327 e. The molecule has 1 aliphatic rings. The number of hydrogen-bond acceptors (Lipinski definition) is 4. The fourth-order valence-electron chi connectivity index (χ4n) is 2.01. The highest BCUT2D eigenvalue weighted by Gasteiger charge is 2.44. The lowest BCUT2D eigenvalue weighted by atomic mass is 10.2. The van der Waals surface area contributed by atoms with Gasteiger partial charge < -0.3 is 5.11 Å². The molecule has 6 nitrogen and oxygen atoms in total. The Bertz CT molecular complexity index is 620. The number of hydrogen-bond donors (Lipinski definition) is 1. The molecular weight excluding hydrogens is 270 g/mol. The van der Waals surface area contributed by atoms with Crippen molar-refractivity contribution in [2.75, 3.05) is 0 Å². The fraction of sp³-hybridized carbons (Fsp3) is 0.333. The van der Waals surface area contributed by atoms with Gasteiger partial charge in [0.2, 0.25) is 5.91 Å². The quantitative estimate of drug-likeness (QED) is 0.884. The van der Waals surface area contributed by atoms with Crippen LogP contribution in [-0.4, -0.2) is 35.7 Å². The number of rotatable bonds is 3. The van der Waals surface area contributed by atoms with E-state index in [1.807, 2.05) is 0 Å². The van der Waals surface area contributed by atoms with Crippen LogP contribution in [0.3, 0.4) is 0 Å². The molecule has 102 valence electrons. The van der Waals surface area contributed by atoms with E-state index in [9.17, 15) is 18.0 Å². The summed E-state index contributed by atoms with van der Waals surface area (Å²) >= 11 is 0. The Hall–Kier alpha value is -1.89. The zero-order valence-electron chi connectivity index (χ0n) is 10.2. The predicted molar refractivity (Wildman–Crippen MR) is 65.9 cm³/mol. The Morgan fingerprint density at radius 2 is 1.89 bits per heavy atom. The van der Waals surface area contributed by atoms with Crippen molar-refractivity contribution in [3.05, 3.63) is 29.8 Å². The number of amides is 1. The molecule has 7 heteroatoms. The van der Waals surface area contributed by atoms with Crippen LogP contribution in [0.5, 0.6) is 0 Å². The third-order valence-corrected chi connectivity index (χ3v) is 4.87. The average molecular weight is 283 g/mol. The van der Waals surface area contributed by atoms with Crippen LogP contribution in [-0.2, 0) is 19.6 Å². The van der Waals surface area contributed by atoms with Gasteiger partial charge in [-0.15, -0.1) is 0 Å². The first-order chi connectivity index (χ1) is 8.84. The summed E-state index contributed by atoms with van der Waals surface area (Å²) in [5.41, 5.74) is 0.876. The normalized spacial score (nSPS) is 19.7. The van der Waals surface area contributed by atoms with Gasteiger partial charge in [0.1, 0.15) is 6.04 Å². The van der Waals surface area contributed by atoms with Crippen molar-refractivity contribution in [2.45, 2.75) is 30.7 Å². The van der Waals surface area contributed by atoms with Crippen molar-refractivity contribution in [3.63, 3.8) is 0 Å². The summed E-state index contributed by atoms with van der Waals surface area (Å²) < 4.78 is 25.1. The molecule has 1 saturated heterocycles. The van der Waals surface area contributed by atoms with Crippen molar-refractivity contribution >= 4 is 21.9 Å². The van der Waals surface area contributed by atoms with E-state index < -0.39 is 27.9 Å². The maximum Gasteiger partial charge on any atom is 0.327 e. The van der Waals surface area contributed by atoms with Gasteiger partial charge in [-0.1, -0.05) is 17.7 Å². The number of aryl methyl sites for hydroxylation is 1. The SMILES string of the molecule is Cc1ccc(S(=O)(=O)N2C(=O)CCC2C(=O)O)cc1. The van der Waals surface area contributed by atoms with Gasteiger partial charge in [-0.05, 0) is 25.5 Å². The molecule has 1 aromatic rings. The van der Waals surface area contributed by atoms with E-state index >= 15 is 0 Å². The second kappa shape index (κ2) is 4.65. The highest BCUT2D eigenvalue weighted by atomic mass is 32.2. The summed E-state index contributed by atoms with van der Waals surface area (Å²) in [4.78, 5) is 22.6. The van der Waals surface area contributed by atoms with Gasteiger partial charge in [0.15, 0.2) is 0 Å². The third-order valence-electron chi connectivity index (χ3n) is 3.02. The molecule has 1 aliphatic heterocycles. The molecule has 0 bridgehead atoms. The van der Waals surface area contributed by atoms with Gasteiger partial charge in [0.25, 0.3) is 10.0 Å². The minimum Gasteiger partial charge on any atom is -0.480 e. The zero-order valence-corrected chi connectivity index (χ0v) is 11.1. The number of nitrogens with zero attached hydrogens (tertiary/aromatic N) is 1. The molecule has 19 heavy (non-hydrogen) atoms. The zero-order chi connectivity index (χ0) is 14.2. The standard InChI is InChI=1S/C12H13NO5S/c1-8-2-4-9(5-3-8)19(17,18)13-10(12(15)16)6-7-11(13)14/h2-5,10H,6-7H2,1H3,(H,15,16). The molecule has 1 unspecified atom stereocenters. The number of carboxylic acids is 1. The van der Waals surface area contributed by atoms with Crippen LogP contribution in [0.2, 0.25) is 0 Å². The maximum atomic E-state index is 12.3. The van der Waals surface area contributed by atoms with E-state index in [1.54, 1.807) is 19.1 Å². The van der Waals surface area contributed by atoms with Gasteiger partial charge in [0, 0.05) is 6.42 Å². The summed E-state index contributed by atoms with van der Waals surface area (Å²) in [5.74, 6) is -1.98. The molecule has 1 fully saturated rings. The summed E-state index contributed by atoms with van der Waals surface area (Å²) in [6, 6.07) is 4.63. The summed E-state index contributed by atoms with van der Waals surface area (Å²) in [7, 11) is -4.10. The van der Waals surface area contributed by atoms with Crippen molar-refractivity contribution in [2.24, 2.45) is 0 Å². The van der Waals surface area contributed by atoms with Gasteiger partial charge in [-0.3, -0.25) is 4.79 Å². The average Bonchev–Trinajstić information content (AvgIpc) is 2.72. The molecule has 2 rings (SSSR count). The van der Waals surface area contributed by atoms with E-state index in [1.165, 1.54) is 12.1 Å². The predicted octanol–water partition coefficient (Wildman–Crippen LogP) is 0.759. The third kappa shape index (κ3) is 2.33. The summed E-state index contributed by atoms with van der Waals surface area (Å²) in [6.07, 6.45) is -0.0542. The molecule has 1 aromatic carbocycles. The lowest BCUT2D eigenvalue weighted by molar-refractivity contribution is -0.143. The largest absolute Gasteiger partial charge is 0.480 e. The molecule has 0 saturated carbocycles. The Labute approximate surface area is 110 Å². The van der Waals surface area contributed by atoms with Crippen molar-refractivity contribution in [1.82, 2.24) is 4.31 Å². The van der Waals surface area contributed by atoms with E-state index in [0.717, 1.165) is 5.56 Å². The van der Waals surface area contributed by atoms with Crippen molar-refractivity contribution < 1.29 is 23.1 Å². The molecule has 0 aromatic heterocycles. The van der Waals surface area contributed by atoms with Crippen molar-refractivity contribution in [1.29, 1.82) is 0 Å². The number of carbonyl (C=O) groups is 2. The van der Waals surface area contributed by atoms with Crippen LogP contribution in [0.25, 0.3) is 0 Å². The first kappa shape index (κ1) is 13.5. The van der Waals surface area contributed by atoms with Gasteiger partial charge in [-0.2, -0.15) is 0 Å². The molecule has 1 heterocycles. The Balaban J connectivity index is 2.46. The van der Waals surface area contributed by atoms with E-state index in [4.69, 9.17) is 5.11 Å². The van der Waals surface area contributed by atoms with Crippen LogP contribution >= 0.6 is 0 Å². The second-order valence-corrected chi connectivity index (χ2v) is 6.22. The number of sulfonamides is 1. The number of carbonyl (C=O) groups excluding carboxylic acids is 1. The molecule has 1 N–H and O–H groups in total. The second-order valence-electron chi connectivity index (χ2n) is 4.40. The first-order valence-corrected chi connectivity index (χ1v) is 7.15. The van der Waals surface area contributed by atoms with Gasteiger partial charge in [-0.25, -0.2) is 17.5 Å². The topological polar surface area (TPSA) is 91.8 Å². The molecule has 0 spiro atoms. The van der Waals surface area contributed by atoms with E-state index in [-0.39, 0.29) is 17.7 Å².